The molecule has 80 heavy (non-hydrogen) atoms. The normalized spacial score (nSPS) is 22.8. The average Bonchev–Trinajstić information content (AvgIpc) is 4.23. The molecule has 2 atom stereocenters. The molecule has 0 bridgehead atoms. The summed E-state index contributed by atoms with van der Waals surface area (Å²) < 4.78 is 15.5. The van der Waals surface area contributed by atoms with Crippen LogP contribution in [0.4, 0.5) is 0 Å². The zero-order valence-corrected chi connectivity index (χ0v) is 51.4. The molecule has 0 aromatic carbocycles. The lowest BCUT2D eigenvalue weighted by Crippen LogP contribution is -2.54. The summed E-state index contributed by atoms with van der Waals surface area (Å²) in [5.74, 6) is 3.98. The zero-order chi connectivity index (χ0) is 56.3. The maximum absolute atomic E-state index is 13.8. The van der Waals surface area contributed by atoms with Gasteiger partial charge in [0.1, 0.15) is 0 Å². The molecule has 0 spiro atoms. The molecule has 4 fully saturated rings. The lowest BCUT2D eigenvalue weighted by molar-refractivity contribution is 0.0262. The summed E-state index contributed by atoms with van der Waals surface area (Å²) in [7, 11) is 3.32. The van der Waals surface area contributed by atoms with Crippen molar-refractivity contribution in [3.8, 4) is 11.8 Å². The summed E-state index contributed by atoms with van der Waals surface area (Å²) in [6.07, 6.45) is 16.1. The minimum atomic E-state index is 0.166. The first kappa shape index (κ1) is 56.4. The highest BCUT2D eigenvalue weighted by Gasteiger charge is 2.41. The molecule has 4 aliphatic heterocycles. The van der Waals surface area contributed by atoms with Gasteiger partial charge in [0.15, 0.2) is 0 Å². The summed E-state index contributed by atoms with van der Waals surface area (Å²) in [6.45, 7) is 28.6. The molecule has 6 aliphatic rings. The number of likely N-dealkylation sites (tertiary alicyclic amines) is 2. The van der Waals surface area contributed by atoms with Crippen LogP contribution in [0.1, 0.15) is 186 Å². The Morgan fingerprint density at radius 2 is 1.04 bits per heavy atom. The van der Waals surface area contributed by atoms with E-state index in [1.165, 1.54) is 87.7 Å². The standard InChI is InChI=1S/2C32H43N5O2S/c1-19-15-21(3)33-31(39-6)27(19)18-35-13-12-28-29(32(35)38)23(5)30(40-28)22(4)24-7-9-25(10-8-24)36-16-26(17-36)37-14-11-20(2)34-37;1-19-15-20(2)34-31(39-6)27(19)18-35-14-12-28-29(32(35)38)23(5)30(40-28)22(4)24-7-9-25(10-8-24)36-16-26(17-36)37-21(3)11-13-33-37/h11,14-15,22,24-26H,7-10,12-13,16-18H2,1-6H3;11,13,15,22,24-26H,7-10,12,14,16-18H2,1-6H3/t2*22-,24?,25?/m11/s1. The van der Waals surface area contributed by atoms with Crippen molar-refractivity contribution in [1.29, 1.82) is 0 Å². The molecule has 6 aromatic rings. The maximum atomic E-state index is 13.8. The first-order chi connectivity index (χ1) is 38.5. The molecule has 428 valence electrons. The van der Waals surface area contributed by atoms with E-state index in [9.17, 15) is 9.59 Å². The number of methoxy groups -OCH3 is 2. The van der Waals surface area contributed by atoms with E-state index in [1.807, 2.05) is 52.5 Å². The van der Waals surface area contributed by atoms with Crippen LogP contribution >= 0.6 is 22.7 Å². The number of carbonyl (C=O) groups excluding carboxylic acids is 2. The molecule has 10 heterocycles. The van der Waals surface area contributed by atoms with Crippen LogP contribution in [0.15, 0.2) is 36.7 Å². The van der Waals surface area contributed by atoms with Crippen LogP contribution in [0.5, 0.6) is 11.8 Å². The summed E-state index contributed by atoms with van der Waals surface area (Å²) in [5.41, 5.74) is 12.9. The van der Waals surface area contributed by atoms with E-state index in [2.05, 4.69) is 125 Å². The molecule has 0 unspecified atom stereocenters. The fourth-order valence-electron chi connectivity index (χ4n) is 14.7. The molecule has 2 saturated heterocycles. The highest BCUT2D eigenvalue weighted by molar-refractivity contribution is 7.13. The number of aromatic nitrogens is 6. The second kappa shape index (κ2) is 23.4. The number of carbonyl (C=O) groups is 2. The van der Waals surface area contributed by atoms with Gasteiger partial charge in [-0.25, -0.2) is 9.97 Å². The van der Waals surface area contributed by atoms with Gasteiger partial charge in [-0.3, -0.25) is 28.8 Å². The van der Waals surface area contributed by atoms with Crippen LogP contribution in [-0.2, 0) is 25.9 Å². The van der Waals surface area contributed by atoms with Gasteiger partial charge < -0.3 is 19.3 Å². The van der Waals surface area contributed by atoms with Crippen molar-refractivity contribution in [2.45, 2.75) is 183 Å². The number of hydrogen-bond acceptors (Lipinski definition) is 12. The topological polar surface area (TPSA) is 127 Å². The van der Waals surface area contributed by atoms with Gasteiger partial charge in [-0.1, -0.05) is 13.8 Å². The van der Waals surface area contributed by atoms with Gasteiger partial charge in [-0.2, -0.15) is 10.2 Å². The second-order valence-corrected chi connectivity index (χ2v) is 26.9. The molecular formula is C64H86N10O4S2. The molecule has 6 aromatic heterocycles. The molecule has 0 N–H and O–H groups in total. The Hall–Kier alpha value is -5.42. The third-order valence-corrected chi connectivity index (χ3v) is 22.7. The number of ether oxygens (including phenoxy) is 2. The summed E-state index contributed by atoms with van der Waals surface area (Å²) >= 11 is 3.81. The minimum Gasteiger partial charge on any atom is -0.481 e. The third-order valence-electron chi connectivity index (χ3n) is 19.6. The van der Waals surface area contributed by atoms with E-state index in [-0.39, 0.29) is 11.8 Å². The largest absolute Gasteiger partial charge is 0.481 e. The van der Waals surface area contributed by atoms with Gasteiger partial charge in [-0.05, 0) is 177 Å². The molecule has 2 aliphatic carbocycles. The predicted molar refractivity (Wildman–Crippen MR) is 319 cm³/mol. The SMILES string of the molecule is COc1nc(C)cc(C)c1CN1CCc2sc([C@H](C)C3CCC(N4CC(n5ccc(C)n5)C4)CC3)c(C)c2C1=O.COc1nc(C)cc(C)c1CN1CCc2sc([C@H](C)C3CCC(N4CC(n5nccc5C)C4)CC3)c(C)c2C1=O. The Labute approximate surface area is 483 Å². The first-order valence-corrected chi connectivity index (χ1v) is 31.5. The van der Waals surface area contributed by atoms with Gasteiger partial charge in [0, 0.05) is 124 Å². The van der Waals surface area contributed by atoms with Gasteiger partial charge in [0.2, 0.25) is 11.8 Å². The minimum absolute atomic E-state index is 0.166. The van der Waals surface area contributed by atoms with E-state index in [0.717, 1.165) is 103 Å². The van der Waals surface area contributed by atoms with Crippen molar-refractivity contribution in [3.05, 3.63) is 123 Å². The summed E-state index contributed by atoms with van der Waals surface area (Å²) in [4.78, 5) is 51.5. The molecule has 14 nitrogen and oxygen atoms in total. The lowest BCUT2D eigenvalue weighted by atomic mass is 9.76. The number of amides is 2. The predicted octanol–water partition coefficient (Wildman–Crippen LogP) is 12.0. The van der Waals surface area contributed by atoms with E-state index in [0.29, 0.717) is 72.7 Å². The average molecular weight is 1120 g/mol. The molecule has 0 radical (unpaired) electrons. The number of rotatable bonds is 14. The highest BCUT2D eigenvalue weighted by atomic mass is 32.1. The Morgan fingerprint density at radius 3 is 1.44 bits per heavy atom. The Kier molecular flexibility index (Phi) is 16.5. The molecule has 2 saturated carbocycles. The summed E-state index contributed by atoms with van der Waals surface area (Å²) in [5, 5.41) is 9.14. The Morgan fingerprint density at radius 1 is 0.588 bits per heavy atom. The molecular weight excluding hydrogens is 1040 g/mol. The molecule has 16 heteroatoms. The van der Waals surface area contributed by atoms with Crippen LogP contribution in [0.25, 0.3) is 0 Å². The third kappa shape index (κ3) is 11.0. The molecule has 2 amide bonds. The van der Waals surface area contributed by atoms with Gasteiger partial charge in [0.05, 0.1) is 56.2 Å². The van der Waals surface area contributed by atoms with E-state index < -0.39 is 0 Å². The smallest absolute Gasteiger partial charge is 0.255 e. The van der Waals surface area contributed by atoms with Gasteiger partial charge in [0.25, 0.3) is 11.8 Å². The second-order valence-electron chi connectivity index (χ2n) is 24.7. The fourth-order valence-corrected chi connectivity index (χ4v) is 17.5. The van der Waals surface area contributed by atoms with Crippen LogP contribution in [0.2, 0.25) is 0 Å². The molecule has 12 rings (SSSR count). The number of thiophene rings is 2. The van der Waals surface area contributed by atoms with Crippen molar-refractivity contribution in [3.63, 3.8) is 0 Å². The van der Waals surface area contributed by atoms with Crippen LogP contribution in [0, 0.1) is 67.2 Å². The number of fused-ring (bicyclic) bond motifs is 2. The van der Waals surface area contributed by atoms with E-state index >= 15 is 0 Å². The number of aryl methyl sites for hydroxylation is 6. The Balaban J connectivity index is 0.000000169. The van der Waals surface area contributed by atoms with Crippen LogP contribution in [0.3, 0.4) is 0 Å². The van der Waals surface area contributed by atoms with Crippen molar-refractivity contribution < 1.29 is 19.1 Å². The van der Waals surface area contributed by atoms with Gasteiger partial charge in [-0.15, -0.1) is 22.7 Å². The van der Waals surface area contributed by atoms with Crippen LogP contribution in [-0.4, -0.2) is 127 Å². The maximum Gasteiger partial charge on any atom is 0.255 e. The van der Waals surface area contributed by atoms with Crippen LogP contribution < -0.4 is 9.47 Å². The van der Waals surface area contributed by atoms with Gasteiger partial charge >= 0.3 is 0 Å². The number of hydrogen-bond donors (Lipinski definition) is 0. The fraction of sp³-hybridized carbons (Fsp3) is 0.594. The zero-order valence-electron chi connectivity index (χ0n) is 49.7. The van der Waals surface area contributed by atoms with E-state index in [1.54, 1.807) is 14.2 Å². The Bertz CT molecular complexity index is 3220. The number of pyridine rings is 2. The summed E-state index contributed by atoms with van der Waals surface area (Å²) in [6, 6.07) is 10.8. The van der Waals surface area contributed by atoms with Crippen molar-refractivity contribution in [2.75, 3.05) is 53.5 Å². The van der Waals surface area contributed by atoms with Crippen molar-refractivity contribution in [2.24, 2.45) is 11.8 Å². The van der Waals surface area contributed by atoms with Crippen molar-refractivity contribution >= 4 is 34.5 Å². The monoisotopic (exact) mass is 1120 g/mol. The number of nitrogens with zero attached hydrogens (tertiary/aromatic N) is 10. The van der Waals surface area contributed by atoms with Crippen molar-refractivity contribution in [1.82, 2.24) is 49.1 Å². The lowest BCUT2D eigenvalue weighted by Gasteiger charge is -2.47. The first-order valence-electron chi connectivity index (χ1n) is 29.8. The van der Waals surface area contributed by atoms with E-state index in [4.69, 9.17) is 9.47 Å². The highest BCUT2D eigenvalue weighted by Crippen LogP contribution is 2.47. The quantitative estimate of drug-likeness (QED) is 0.104.